The zero-order chi connectivity index (χ0) is 17.9. The topological polar surface area (TPSA) is 114 Å². The van der Waals surface area contributed by atoms with E-state index in [-0.39, 0.29) is 5.69 Å². The lowest BCUT2D eigenvalue weighted by atomic mass is 10.1. The second-order valence-electron chi connectivity index (χ2n) is 5.58. The molecule has 1 aromatic heterocycles. The lowest BCUT2D eigenvalue weighted by Crippen LogP contribution is -2.46. The van der Waals surface area contributed by atoms with E-state index in [0.29, 0.717) is 11.4 Å². The first-order valence-corrected chi connectivity index (χ1v) is 7.19. The number of carboxylic acid groups (broad SMARTS) is 1. The van der Waals surface area contributed by atoms with Crippen molar-refractivity contribution in [1.29, 1.82) is 0 Å². The van der Waals surface area contributed by atoms with Crippen molar-refractivity contribution in [3.63, 3.8) is 0 Å². The highest BCUT2D eigenvalue weighted by molar-refractivity contribution is 5.92. The number of aromatic nitrogens is 2. The monoisotopic (exact) mass is 333 g/mol. The molecule has 8 nitrogen and oxygen atoms in total. The van der Waals surface area contributed by atoms with Crippen molar-refractivity contribution < 1.29 is 24.5 Å². The number of nitrogens with zero attached hydrogens (tertiary/aromatic N) is 2. The number of amides is 1. The smallest absolute Gasteiger partial charge is 0.337 e. The van der Waals surface area contributed by atoms with Gasteiger partial charge in [0.15, 0.2) is 11.3 Å². The Labute approximate surface area is 138 Å². The molecule has 2 aromatic rings. The van der Waals surface area contributed by atoms with Crippen LogP contribution < -0.4 is 10.1 Å². The average Bonchev–Trinajstić information content (AvgIpc) is 3.02. The normalized spacial score (nSPS) is 13.2. The molecule has 3 N–H and O–H groups in total. The zero-order valence-electron chi connectivity index (χ0n) is 13.6. The fourth-order valence-corrected chi connectivity index (χ4v) is 1.98. The van der Waals surface area contributed by atoms with Gasteiger partial charge in [0.25, 0.3) is 5.91 Å². The minimum Gasteiger partial charge on any atom is -0.494 e. The first kappa shape index (κ1) is 17.5. The van der Waals surface area contributed by atoms with Crippen molar-refractivity contribution in [2.45, 2.75) is 19.4 Å². The highest BCUT2D eigenvalue weighted by Crippen LogP contribution is 2.23. The molecule has 0 saturated carbocycles. The Bertz CT molecular complexity index is 767. The Kier molecular flexibility index (Phi) is 4.89. The molecule has 0 aliphatic heterocycles. The number of nitrogens with one attached hydrogen (secondary N) is 1. The van der Waals surface area contributed by atoms with Gasteiger partial charge in [-0.3, -0.25) is 4.79 Å². The van der Waals surface area contributed by atoms with Crippen molar-refractivity contribution in [1.82, 2.24) is 15.1 Å². The Hall–Kier alpha value is -2.87. The molecule has 1 aromatic carbocycles. The van der Waals surface area contributed by atoms with Crippen LogP contribution in [0.3, 0.4) is 0 Å². The molecule has 1 unspecified atom stereocenters. The Balaban J connectivity index is 2.18. The van der Waals surface area contributed by atoms with Crippen molar-refractivity contribution in [2.75, 3.05) is 13.7 Å². The summed E-state index contributed by atoms with van der Waals surface area (Å²) in [6, 6.07) is 7.05. The summed E-state index contributed by atoms with van der Waals surface area (Å²) in [5, 5.41) is 25.0. The molecule has 24 heavy (non-hydrogen) atoms. The molecule has 0 spiro atoms. The van der Waals surface area contributed by atoms with Crippen LogP contribution in [0, 0.1) is 6.92 Å². The van der Waals surface area contributed by atoms with Gasteiger partial charge in [-0.15, -0.1) is 0 Å². The number of hydrogen-bond donors (Lipinski definition) is 3. The third kappa shape index (κ3) is 3.72. The SMILES string of the molecule is COc1ccc(C)cc1-n1ccc(C(=O)NCC(C)(O)C(=O)O)n1. The van der Waals surface area contributed by atoms with Gasteiger partial charge >= 0.3 is 5.97 Å². The van der Waals surface area contributed by atoms with Gasteiger partial charge in [-0.1, -0.05) is 6.07 Å². The second kappa shape index (κ2) is 6.71. The number of carbonyl (C=O) groups is 2. The van der Waals surface area contributed by atoms with E-state index in [1.807, 2.05) is 19.1 Å². The van der Waals surface area contributed by atoms with Crippen LogP contribution >= 0.6 is 0 Å². The molecule has 0 fully saturated rings. The first-order valence-electron chi connectivity index (χ1n) is 7.19. The summed E-state index contributed by atoms with van der Waals surface area (Å²) in [6.45, 7) is 2.60. The highest BCUT2D eigenvalue weighted by atomic mass is 16.5. The Morgan fingerprint density at radius 1 is 1.38 bits per heavy atom. The zero-order valence-corrected chi connectivity index (χ0v) is 13.6. The van der Waals surface area contributed by atoms with E-state index >= 15 is 0 Å². The maximum atomic E-state index is 12.1. The van der Waals surface area contributed by atoms with E-state index in [9.17, 15) is 14.7 Å². The van der Waals surface area contributed by atoms with E-state index in [4.69, 9.17) is 9.84 Å². The van der Waals surface area contributed by atoms with Crippen molar-refractivity contribution >= 4 is 11.9 Å². The largest absolute Gasteiger partial charge is 0.494 e. The lowest BCUT2D eigenvalue weighted by Gasteiger charge is -2.17. The first-order chi connectivity index (χ1) is 11.2. The third-order valence-corrected chi connectivity index (χ3v) is 3.46. The van der Waals surface area contributed by atoms with Gasteiger partial charge in [0.05, 0.1) is 13.7 Å². The van der Waals surface area contributed by atoms with Gasteiger partial charge in [-0.25, -0.2) is 9.48 Å². The maximum absolute atomic E-state index is 12.1. The number of aliphatic hydroxyl groups is 1. The molecule has 2 rings (SSSR count). The van der Waals surface area contributed by atoms with Crippen LogP contribution in [0.2, 0.25) is 0 Å². The summed E-state index contributed by atoms with van der Waals surface area (Å²) in [6.07, 6.45) is 1.60. The van der Waals surface area contributed by atoms with E-state index in [1.54, 1.807) is 19.4 Å². The van der Waals surface area contributed by atoms with E-state index in [0.717, 1.165) is 12.5 Å². The quantitative estimate of drug-likeness (QED) is 0.719. The predicted molar refractivity (Wildman–Crippen MR) is 85.4 cm³/mol. The molecule has 128 valence electrons. The van der Waals surface area contributed by atoms with E-state index in [2.05, 4.69) is 10.4 Å². The summed E-state index contributed by atoms with van der Waals surface area (Å²) >= 11 is 0. The van der Waals surface area contributed by atoms with Crippen molar-refractivity contribution in [3.05, 3.63) is 41.7 Å². The van der Waals surface area contributed by atoms with Gasteiger partial charge in [-0.05, 0) is 37.6 Å². The minimum atomic E-state index is -2.04. The predicted octanol–water partition coefficient (Wildman–Crippen LogP) is 0.755. The summed E-state index contributed by atoms with van der Waals surface area (Å²) in [5.74, 6) is -1.40. The van der Waals surface area contributed by atoms with Crippen LogP contribution in [0.5, 0.6) is 5.75 Å². The van der Waals surface area contributed by atoms with Gasteiger partial charge in [0.1, 0.15) is 11.4 Å². The molecule has 0 aliphatic rings. The van der Waals surface area contributed by atoms with Crippen molar-refractivity contribution in [3.8, 4) is 11.4 Å². The molecule has 1 heterocycles. The van der Waals surface area contributed by atoms with Crippen molar-refractivity contribution in [2.24, 2.45) is 0 Å². The Morgan fingerprint density at radius 2 is 2.08 bits per heavy atom. The summed E-state index contributed by atoms with van der Waals surface area (Å²) < 4.78 is 6.78. The van der Waals surface area contributed by atoms with Crippen LogP contribution in [0.15, 0.2) is 30.5 Å². The molecule has 0 saturated heterocycles. The maximum Gasteiger partial charge on any atom is 0.337 e. The number of benzene rings is 1. The molecular weight excluding hydrogens is 314 g/mol. The molecule has 1 amide bonds. The summed E-state index contributed by atoms with van der Waals surface area (Å²) in [7, 11) is 1.54. The van der Waals surface area contributed by atoms with E-state index in [1.165, 1.54) is 10.7 Å². The number of aryl methyl sites for hydroxylation is 1. The molecule has 0 aliphatic carbocycles. The molecular formula is C16H19N3O5. The minimum absolute atomic E-state index is 0.0970. The van der Waals surface area contributed by atoms with Gasteiger partial charge in [0.2, 0.25) is 0 Å². The van der Waals surface area contributed by atoms with E-state index < -0.39 is 24.0 Å². The molecule has 1 atom stereocenters. The van der Waals surface area contributed by atoms with Crippen LogP contribution in [0.4, 0.5) is 0 Å². The van der Waals surface area contributed by atoms with Crippen LogP contribution in [0.25, 0.3) is 5.69 Å². The van der Waals surface area contributed by atoms with Gasteiger partial charge in [-0.2, -0.15) is 5.10 Å². The fraction of sp³-hybridized carbons (Fsp3) is 0.312. The fourth-order valence-electron chi connectivity index (χ4n) is 1.98. The lowest BCUT2D eigenvalue weighted by molar-refractivity contribution is -0.155. The number of aliphatic carboxylic acids is 1. The number of carboxylic acids is 1. The summed E-state index contributed by atoms with van der Waals surface area (Å²) in [5.41, 5.74) is -0.267. The number of methoxy groups -OCH3 is 1. The highest BCUT2D eigenvalue weighted by Gasteiger charge is 2.30. The standard InChI is InChI=1S/C16H19N3O5/c1-10-4-5-13(24-3)12(8-10)19-7-6-11(18-19)14(20)17-9-16(2,23)15(21)22/h4-8,23H,9H2,1-3H3,(H,17,20)(H,21,22). The van der Waals surface area contributed by atoms with Gasteiger partial charge < -0.3 is 20.3 Å². The molecule has 8 heteroatoms. The van der Waals surface area contributed by atoms with Crippen LogP contribution in [-0.2, 0) is 4.79 Å². The third-order valence-electron chi connectivity index (χ3n) is 3.46. The van der Waals surface area contributed by atoms with Crippen LogP contribution in [-0.4, -0.2) is 51.1 Å². The van der Waals surface area contributed by atoms with Crippen LogP contribution in [0.1, 0.15) is 23.0 Å². The molecule has 0 bridgehead atoms. The average molecular weight is 333 g/mol. The number of hydrogen-bond acceptors (Lipinski definition) is 5. The Morgan fingerprint density at radius 3 is 2.71 bits per heavy atom. The number of carbonyl (C=O) groups excluding carboxylic acids is 1. The van der Waals surface area contributed by atoms with Gasteiger partial charge in [0, 0.05) is 6.20 Å². The molecule has 0 radical (unpaired) electrons. The number of ether oxygens (including phenoxy) is 1. The second-order valence-corrected chi connectivity index (χ2v) is 5.58. The number of rotatable bonds is 6. The summed E-state index contributed by atoms with van der Waals surface area (Å²) in [4.78, 5) is 22.9.